The molecule has 0 atom stereocenters. The van der Waals surface area contributed by atoms with Gasteiger partial charge in [-0.25, -0.2) is 0 Å². The minimum Gasteiger partial charge on any atom is -0.383 e. The van der Waals surface area contributed by atoms with Crippen LogP contribution in [0.3, 0.4) is 0 Å². The highest BCUT2D eigenvalue weighted by molar-refractivity contribution is 5.53. The van der Waals surface area contributed by atoms with E-state index in [1.165, 1.54) is 0 Å². The summed E-state index contributed by atoms with van der Waals surface area (Å²) in [5.41, 5.74) is 2.85. The van der Waals surface area contributed by atoms with Gasteiger partial charge in [0.05, 0.1) is 18.2 Å². The molecular weight excluding hydrogens is 188 g/mol. The fourth-order valence-corrected chi connectivity index (χ4v) is 1.33. The summed E-state index contributed by atoms with van der Waals surface area (Å²) in [4.78, 5) is 0. The van der Waals surface area contributed by atoms with Gasteiger partial charge in [-0.3, -0.25) is 0 Å². The molecule has 1 aromatic rings. The lowest BCUT2D eigenvalue weighted by atomic mass is 10.1. The molecule has 0 saturated carbocycles. The fraction of sp³-hybridized carbons (Fsp3) is 0.417. The number of hydrogen-bond acceptors (Lipinski definition) is 3. The van der Waals surface area contributed by atoms with Gasteiger partial charge in [0.2, 0.25) is 0 Å². The lowest BCUT2D eigenvalue weighted by molar-refractivity contribution is 0.158. The largest absolute Gasteiger partial charge is 0.383 e. The number of nitriles is 1. The van der Waals surface area contributed by atoms with Crippen LogP contribution in [0.5, 0.6) is 0 Å². The summed E-state index contributed by atoms with van der Waals surface area (Å²) in [6.07, 6.45) is 0. The molecule has 3 heteroatoms. The Morgan fingerprint density at radius 2 is 2.27 bits per heavy atom. The van der Waals surface area contributed by atoms with Gasteiger partial charge in [0.15, 0.2) is 0 Å². The van der Waals surface area contributed by atoms with Gasteiger partial charge in [-0.15, -0.1) is 0 Å². The number of anilines is 1. The van der Waals surface area contributed by atoms with Crippen LogP contribution < -0.4 is 5.32 Å². The third-order valence-electron chi connectivity index (χ3n) is 2.12. The van der Waals surface area contributed by atoms with E-state index in [-0.39, 0.29) is 0 Å². The molecule has 3 nitrogen and oxygen atoms in total. The lowest BCUT2D eigenvalue weighted by Gasteiger charge is -2.09. The maximum atomic E-state index is 8.71. The highest BCUT2D eigenvalue weighted by Crippen LogP contribution is 2.15. The number of nitrogens with one attached hydrogen (secondary N) is 1. The van der Waals surface area contributed by atoms with Crippen LogP contribution in [-0.2, 0) is 4.74 Å². The third kappa shape index (κ3) is 3.61. The van der Waals surface area contributed by atoms with E-state index in [0.29, 0.717) is 12.2 Å². The average Bonchev–Trinajstić information content (AvgIpc) is 2.26. The van der Waals surface area contributed by atoms with Crippen molar-refractivity contribution in [2.75, 3.05) is 25.1 Å². The van der Waals surface area contributed by atoms with Crippen LogP contribution in [0, 0.1) is 18.3 Å². The molecule has 80 valence electrons. The predicted octanol–water partition coefficient (Wildman–Crippen LogP) is 2.32. The van der Waals surface area contributed by atoms with E-state index >= 15 is 0 Å². The fourth-order valence-electron chi connectivity index (χ4n) is 1.33. The average molecular weight is 204 g/mol. The van der Waals surface area contributed by atoms with Gasteiger partial charge in [0.1, 0.15) is 0 Å². The van der Waals surface area contributed by atoms with Crippen LogP contribution in [0.25, 0.3) is 0 Å². The summed E-state index contributed by atoms with van der Waals surface area (Å²) in [5.74, 6) is 0. The normalized spacial score (nSPS) is 9.67. The maximum absolute atomic E-state index is 8.71. The van der Waals surface area contributed by atoms with Gasteiger partial charge in [-0.05, 0) is 37.6 Å². The third-order valence-corrected chi connectivity index (χ3v) is 2.12. The Morgan fingerprint density at radius 1 is 1.47 bits per heavy atom. The van der Waals surface area contributed by atoms with Crippen molar-refractivity contribution in [1.29, 1.82) is 5.26 Å². The molecule has 15 heavy (non-hydrogen) atoms. The van der Waals surface area contributed by atoms with Gasteiger partial charge >= 0.3 is 0 Å². The molecule has 0 fully saturated rings. The molecule has 0 heterocycles. The maximum Gasteiger partial charge on any atom is 0.0991 e. The summed E-state index contributed by atoms with van der Waals surface area (Å²) in [6, 6.07) is 7.74. The minimum atomic E-state index is 0.697. The van der Waals surface area contributed by atoms with Crippen LogP contribution in [0.2, 0.25) is 0 Å². The molecule has 0 spiro atoms. The van der Waals surface area contributed by atoms with Crippen LogP contribution >= 0.6 is 0 Å². The SMILES string of the molecule is CCOCCNc1ccc(C#N)cc1C. The topological polar surface area (TPSA) is 45.0 Å². The standard InChI is InChI=1S/C12H16N2O/c1-3-15-7-6-14-12-5-4-11(9-13)8-10(12)2/h4-5,8,14H,3,6-7H2,1-2H3. The van der Waals surface area contributed by atoms with E-state index in [9.17, 15) is 0 Å². The molecule has 0 saturated heterocycles. The molecule has 0 unspecified atom stereocenters. The van der Waals surface area contributed by atoms with E-state index in [1.54, 1.807) is 0 Å². The first-order valence-corrected chi connectivity index (χ1v) is 5.10. The van der Waals surface area contributed by atoms with Gasteiger partial charge in [0, 0.05) is 18.8 Å². The minimum absolute atomic E-state index is 0.697. The molecule has 0 aliphatic carbocycles. The first kappa shape index (κ1) is 11.5. The van der Waals surface area contributed by atoms with Crippen molar-refractivity contribution in [3.63, 3.8) is 0 Å². The Morgan fingerprint density at radius 3 is 2.87 bits per heavy atom. The summed E-state index contributed by atoms with van der Waals surface area (Å²) in [6.45, 7) is 6.21. The quantitative estimate of drug-likeness (QED) is 0.748. The van der Waals surface area contributed by atoms with Gasteiger partial charge in [-0.2, -0.15) is 5.26 Å². The Kier molecular flexibility index (Phi) is 4.65. The van der Waals surface area contributed by atoms with Gasteiger partial charge in [-0.1, -0.05) is 0 Å². The van der Waals surface area contributed by atoms with Crippen molar-refractivity contribution in [3.05, 3.63) is 29.3 Å². The van der Waals surface area contributed by atoms with E-state index in [0.717, 1.165) is 24.4 Å². The molecule has 1 N–H and O–H groups in total. The zero-order chi connectivity index (χ0) is 11.1. The smallest absolute Gasteiger partial charge is 0.0991 e. The van der Waals surface area contributed by atoms with Crippen molar-refractivity contribution in [2.24, 2.45) is 0 Å². The van der Waals surface area contributed by atoms with Crippen LogP contribution in [0.1, 0.15) is 18.1 Å². The molecule has 1 rings (SSSR count). The van der Waals surface area contributed by atoms with Crippen molar-refractivity contribution in [1.82, 2.24) is 0 Å². The second-order valence-electron chi connectivity index (χ2n) is 3.27. The molecule has 0 bridgehead atoms. The van der Waals surface area contributed by atoms with E-state index in [1.807, 2.05) is 32.0 Å². The van der Waals surface area contributed by atoms with Gasteiger partial charge in [0.25, 0.3) is 0 Å². The van der Waals surface area contributed by atoms with E-state index < -0.39 is 0 Å². The molecule has 0 radical (unpaired) electrons. The number of rotatable bonds is 5. The van der Waals surface area contributed by atoms with Crippen molar-refractivity contribution < 1.29 is 4.74 Å². The van der Waals surface area contributed by atoms with E-state index in [4.69, 9.17) is 10.00 Å². The van der Waals surface area contributed by atoms with Crippen molar-refractivity contribution >= 4 is 5.69 Å². The molecule has 1 aromatic carbocycles. The number of benzene rings is 1. The Labute approximate surface area is 90.7 Å². The second-order valence-corrected chi connectivity index (χ2v) is 3.27. The predicted molar refractivity (Wildman–Crippen MR) is 60.9 cm³/mol. The first-order chi connectivity index (χ1) is 7.27. The zero-order valence-electron chi connectivity index (χ0n) is 9.21. The number of nitrogens with zero attached hydrogens (tertiary/aromatic N) is 1. The first-order valence-electron chi connectivity index (χ1n) is 5.10. The van der Waals surface area contributed by atoms with Crippen LogP contribution in [0.15, 0.2) is 18.2 Å². The second kappa shape index (κ2) is 6.05. The Balaban J connectivity index is 2.52. The molecule has 0 amide bonds. The molecule has 0 aromatic heterocycles. The summed E-state index contributed by atoms with van der Waals surface area (Å²) in [7, 11) is 0. The summed E-state index contributed by atoms with van der Waals surface area (Å²) >= 11 is 0. The Bertz CT molecular complexity index is 355. The zero-order valence-corrected chi connectivity index (χ0v) is 9.21. The van der Waals surface area contributed by atoms with E-state index in [2.05, 4.69) is 11.4 Å². The number of ether oxygens (including phenoxy) is 1. The summed E-state index contributed by atoms with van der Waals surface area (Å²) < 4.78 is 5.23. The monoisotopic (exact) mass is 204 g/mol. The highest BCUT2D eigenvalue weighted by Gasteiger charge is 1.98. The Hall–Kier alpha value is -1.53. The summed E-state index contributed by atoms with van der Waals surface area (Å²) in [5, 5.41) is 12.0. The molecule has 0 aliphatic heterocycles. The van der Waals surface area contributed by atoms with Crippen molar-refractivity contribution in [3.8, 4) is 6.07 Å². The molecular formula is C12H16N2O. The number of hydrogen-bond donors (Lipinski definition) is 1. The highest BCUT2D eigenvalue weighted by atomic mass is 16.5. The number of aryl methyl sites for hydroxylation is 1. The molecule has 0 aliphatic rings. The lowest BCUT2D eigenvalue weighted by Crippen LogP contribution is -2.09. The van der Waals surface area contributed by atoms with Crippen LogP contribution in [0.4, 0.5) is 5.69 Å². The van der Waals surface area contributed by atoms with Crippen molar-refractivity contribution in [2.45, 2.75) is 13.8 Å². The van der Waals surface area contributed by atoms with Crippen LogP contribution in [-0.4, -0.2) is 19.8 Å². The van der Waals surface area contributed by atoms with Gasteiger partial charge < -0.3 is 10.1 Å².